The van der Waals surface area contributed by atoms with Gasteiger partial charge in [0.15, 0.2) is 5.13 Å². The van der Waals surface area contributed by atoms with Crippen LogP contribution in [0.5, 0.6) is 0 Å². The minimum Gasteiger partial charge on any atom is -0.349 e. The molecule has 6 heteroatoms. The van der Waals surface area contributed by atoms with Gasteiger partial charge in [0.05, 0.1) is 22.8 Å². The standard InChI is InChI=1S/C13H14ClN3OS/c1-17(2)8-16-13-15-7-11(19-13)12(18)9-5-3-4-6-10(9)14/h3-7H,8H2,1-2H3,(H,15,16). The predicted molar refractivity (Wildman–Crippen MR) is 79.2 cm³/mol. The summed E-state index contributed by atoms with van der Waals surface area (Å²) in [6.07, 6.45) is 1.58. The molecule has 0 aliphatic heterocycles. The number of benzene rings is 1. The Bertz CT molecular complexity index is 583. The van der Waals surface area contributed by atoms with Crippen LogP contribution in [0.15, 0.2) is 30.5 Å². The summed E-state index contributed by atoms with van der Waals surface area (Å²) < 4.78 is 0. The molecule has 0 unspecified atom stereocenters. The van der Waals surface area contributed by atoms with Gasteiger partial charge in [-0.2, -0.15) is 0 Å². The average Bonchev–Trinajstić information content (AvgIpc) is 2.85. The zero-order valence-corrected chi connectivity index (χ0v) is 12.3. The Morgan fingerprint density at radius 3 is 2.84 bits per heavy atom. The second-order valence-electron chi connectivity index (χ2n) is 4.25. The second kappa shape index (κ2) is 6.14. The van der Waals surface area contributed by atoms with Crippen LogP contribution in [0, 0.1) is 0 Å². The van der Waals surface area contributed by atoms with Gasteiger partial charge in [0.1, 0.15) is 0 Å². The van der Waals surface area contributed by atoms with Crippen molar-refractivity contribution in [1.29, 1.82) is 0 Å². The number of rotatable bonds is 5. The molecule has 2 rings (SSSR count). The third kappa shape index (κ3) is 3.53. The second-order valence-corrected chi connectivity index (χ2v) is 5.69. The fourth-order valence-corrected chi connectivity index (χ4v) is 2.44. The molecule has 1 heterocycles. The number of anilines is 1. The molecule has 0 saturated heterocycles. The average molecular weight is 296 g/mol. The van der Waals surface area contributed by atoms with E-state index in [9.17, 15) is 4.79 Å². The highest BCUT2D eigenvalue weighted by Crippen LogP contribution is 2.24. The molecule has 0 fully saturated rings. The molecule has 0 atom stereocenters. The predicted octanol–water partition coefficient (Wildman–Crippen LogP) is 2.96. The van der Waals surface area contributed by atoms with Crippen LogP contribution >= 0.6 is 22.9 Å². The maximum absolute atomic E-state index is 12.3. The summed E-state index contributed by atoms with van der Waals surface area (Å²) >= 11 is 7.35. The zero-order valence-electron chi connectivity index (χ0n) is 10.7. The first kappa shape index (κ1) is 14.0. The van der Waals surface area contributed by atoms with Gasteiger partial charge in [0.2, 0.25) is 5.78 Å². The van der Waals surface area contributed by atoms with E-state index in [0.717, 1.165) is 5.13 Å². The lowest BCUT2D eigenvalue weighted by molar-refractivity contribution is 0.104. The van der Waals surface area contributed by atoms with E-state index in [1.807, 2.05) is 19.0 Å². The van der Waals surface area contributed by atoms with Gasteiger partial charge in [-0.25, -0.2) is 4.98 Å². The first-order chi connectivity index (χ1) is 9.08. The maximum Gasteiger partial charge on any atom is 0.206 e. The number of nitrogens with one attached hydrogen (secondary N) is 1. The Morgan fingerprint density at radius 1 is 1.42 bits per heavy atom. The Morgan fingerprint density at radius 2 is 2.16 bits per heavy atom. The van der Waals surface area contributed by atoms with Crippen molar-refractivity contribution in [1.82, 2.24) is 9.88 Å². The van der Waals surface area contributed by atoms with Crippen molar-refractivity contribution < 1.29 is 4.79 Å². The SMILES string of the molecule is CN(C)CNc1ncc(C(=O)c2ccccc2Cl)s1. The highest BCUT2D eigenvalue weighted by molar-refractivity contribution is 7.17. The van der Waals surface area contributed by atoms with Crippen molar-refractivity contribution in [3.8, 4) is 0 Å². The number of ketones is 1. The van der Waals surface area contributed by atoms with Gasteiger partial charge in [-0.15, -0.1) is 0 Å². The normalized spacial score (nSPS) is 10.7. The Labute approximate surface area is 121 Å². The van der Waals surface area contributed by atoms with E-state index in [-0.39, 0.29) is 5.78 Å². The number of aromatic nitrogens is 1. The molecule has 0 aliphatic carbocycles. The molecule has 19 heavy (non-hydrogen) atoms. The Balaban J connectivity index is 2.14. The van der Waals surface area contributed by atoms with Crippen molar-refractivity contribution in [3.63, 3.8) is 0 Å². The van der Waals surface area contributed by atoms with Crippen molar-refractivity contribution in [2.75, 3.05) is 26.1 Å². The van der Waals surface area contributed by atoms with Crippen LogP contribution in [0.1, 0.15) is 15.2 Å². The van der Waals surface area contributed by atoms with Gasteiger partial charge in [-0.3, -0.25) is 9.69 Å². The van der Waals surface area contributed by atoms with Crippen molar-refractivity contribution in [2.24, 2.45) is 0 Å². The van der Waals surface area contributed by atoms with Crippen molar-refractivity contribution in [2.45, 2.75) is 0 Å². The summed E-state index contributed by atoms with van der Waals surface area (Å²) in [5.74, 6) is -0.0963. The first-order valence-corrected chi connectivity index (χ1v) is 6.91. The van der Waals surface area contributed by atoms with Gasteiger partial charge in [0.25, 0.3) is 0 Å². The van der Waals surface area contributed by atoms with Crippen LogP contribution in [-0.4, -0.2) is 36.4 Å². The van der Waals surface area contributed by atoms with Crippen LogP contribution in [0.25, 0.3) is 0 Å². The summed E-state index contributed by atoms with van der Waals surface area (Å²) in [4.78, 5) is 19.0. The summed E-state index contributed by atoms with van der Waals surface area (Å²) in [6, 6.07) is 7.03. The lowest BCUT2D eigenvalue weighted by Gasteiger charge is -2.09. The molecule has 0 amide bonds. The number of nitrogens with zero attached hydrogens (tertiary/aromatic N) is 2. The lowest BCUT2D eigenvalue weighted by Crippen LogP contribution is -2.20. The molecule has 0 saturated carbocycles. The largest absolute Gasteiger partial charge is 0.349 e. The molecule has 1 aromatic carbocycles. The van der Waals surface area contributed by atoms with Crippen LogP contribution in [0.2, 0.25) is 5.02 Å². The van der Waals surface area contributed by atoms with Gasteiger partial charge in [-0.1, -0.05) is 35.1 Å². The van der Waals surface area contributed by atoms with Crippen LogP contribution < -0.4 is 5.32 Å². The molecule has 100 valence electrons. The Hall–Kier alpha value is -1.43. The summed E-state index contributed by atoms with van der Waals surface area (Å²) in [5.41, 5.74) is 0.506. The highest BCUT2D eigenvalue weighted by atomic mass is 35.5. The molecule has 0 bridgehead atoms. The van der Waals surface area contributed by atoms with Crippen molar-refractivity contribution in [3.05, 3.63) is 45.9 Å². The molecular formula is C13H14ClN3OS. The van der Waals surface area contributed by atoms with Crippen LogP contribution in [-0.2, 0) is 0 Å². The quantitative estimate of drug-likeness (QED) is 0.680. The van der Waals surface area contributed by atoms with Gasteiger partial charge in [0, 0.05) is 5.56 Å². The molecule has 0 aliphatic rings. The molecule has 4 nitrogen and oxygen atoms in total. The fourth-order valence-electron chi connectivity index (χ4n) is 1.46. The van der Waals surface area contributed by atoms with E-state index in [1.54, 1.807) is 30.5 Å². The molecule has 2 aromatic rings. The van der Waals surface area contributed by atoms with Crippen LogP contribution in [0.4, 0.5) is 5.13 Å². The summed E-state index contributed by atoms with van der Waals surface area (Å²) in [7, 11) is 3.91. The van der Waals surface area contributed by atoms with Crippen molar-refractivity contribution >= 4 is 33.9 Å². The molecule has 1 aromatic heterocycles. The minimum atomic E-state index is -0.0963. The minimum absolute atomic E-state index is 0.0963. The van der Waals surface area contributed by atoms with Crippen LogP contribution in [0.3, 0.4) is 0 Å². The van der Waals surface area contributed by atoms with Gasteiger partial charge in [-0.05, 0) is 26.2 Å². The van der Waals surface area contributed by atoms with Gasteiger partial charge < -0.3 is 5.32 Å². The number of halogens is 1. The fraction of sp³-hybridized carbons (Fsp3) is 0.231. The van der Waals surface area contributed by atoms with E-state index < -0.39 is 0 Å². The number of hydrogen-bond acceptors (Lipinski definition) is 5. The number of hydrogen-bond donors (Lipinski definition) is 1. The summed E-state index contributed by atoms with van der Waals surface area (Å²) in [6.45, 7) is 0.674. The van der Waals surface area contributed by atoms with E-state index in [4.69, 9.17) is 11.6 Å². The third-order valence-corrected chi connectivity index (χ3v) is 3.68. The monoisotopic (exact) mass is 295 g/mol. The first-order valence-electron chi connectivity index (χ1n) is 5.71. The number of carbonyl (C=O) groups is 1. The maximum atomic E-state index is 12.3. The number of thiazole rings is 1. The molecule has 0 spiro atoms. The zero-order chi connectivity index (χ0) is 13.8. The molecular weight excluding hydrogens is 282 g/mol. The van der Waals surface area contributed by atoms with Gasteiger partial charge >= 0.3 is 0 Å². The molecule has 1 N–H and O–H groups in total. The van der Waals surface area contributed by atoms with E-state index in [2.05, 4.69) is 10.3 Å². The highest BCUT2D eigenvalue weighted by Gasteiger charge is 2.15. The van der Waals surface area contributed by atoms with E-state index in [0.29, 0.717) is 22.1 Å². The molecule has 0 radical (unpaired) electrons. The Kier molecular flexibility index (Phi) is 4.52. The van der Waals surface area contributed by atoms with E-state index >= 15 is 0 Å². The smallest absolute Gasteiger partial charge is 0.206 e. The van der Waals surface area contributed by atoms with E-state index in [1.165, 1.54) is 11.3 Å². The summed E-state index contributed by atoms with van der Waals surface area (Å²) in [5, 5.41) is 4.32. The third-order valence-electron chi connectivity index (χ3n) is 2.39. The number of carbonyl (C=O) groups excluding carboxylic acids is 1. The topological polar surface area (TPSA) is 45.2 Å². The lowest BCUT2D eigenvalue weighted by atomic mass is 10.1.